The first-order valence-electron chi connectivity index (χ1n) is 10.8. The minimum atomic E-state index is 0. The van der Waals surface area contributed by atoms with Crippen LogP contribution in [-0.2, 0) is 0 Å². The molecule has 2 N–H and O–H groups in total. The molecule has 0 radical (unpaired) electrons. The van der Waals surface area contributed by atoms with E-state index in [-0.39, 0.29) is 24.0 Å². The molecule has 2 unspecified atom stereocenters. The lowest BCUT2D eigenvalue weighted by Crippen LogP contribution is -2.55. The number of nitrogens with one attached hydrogen (secondary N) is 2. The van der Waals surface area contributed by atoms with Crippen molar-refractivity contribution in [2.45, 2.75) is 32.4 Å². The Kier molecular flexibility index (Phi) is 9.98. The lowest BCUT2D eigenvalue weighted by molar-refractivity contribution is 0.0900. The highest BCUT2D eigenvalue weighted by molar-refractivity contribution is 14.0. The summed E-state index contributed by atoms with van der Waals surface area (Å²) in [5.74, 6) is 1.55. The molecule has 7 heteroatoms. The molecule has 1 aromatic rings. The Morgan fingerprint density at radius 2 is 1.79 bits per heavy atom. The number of piperazine rings is 1. The zero-order valence-electron chi connectivity index (χ0n) is 18.5. The fraction of sp³-hybridized carbons (Fsp3) is 0.682. The van der Waals surface area contributed by atoms with Gasteiger partial charge in [0.2, 0.25) is 0 Å². The highest BCUT2D eigenvalue weighted by atomic mass is 127. The average molecular weight is 515 g/mol. The zero-order chi connectivity index (χ0) is 19.9. The van der Waals surface area contributed by atoms with E-state index in [9.17, 15) is 0 Å². The number of aliphatic imine (C=N–C) groups is 1. The Hall–Kier alpha value is -1.06. The molecule has 0 saturated carbocycles. The summed E-state index contributed by atoms with van der Waals surface area (Å²) >= 11 is 0. The van der Waals surface area contributed by atoms with Gasteiger partial charge in [-0.3, -0.25) is 9.89 Å². The standard InChI is InChI=1S/C22H38N6.HI/c1-18(2)21(27-14-12-26(4)13-15-27)16-24-22(23-3)25-19-10-11-28(17-19)20-8-6-5-7-9-20;/h5-9,18-19,21H,10-17H2,1-4H3,(H2,23,24,25);1H. The summed E-state index contributed by atoms with van der Waals surface area (Å²) in [6, 6.07) is 11.7. The van der Waals surface area contributed by atoms with Crippen molar-refractivity contribution in [3.05, 3.63) is 30.3 Å². The molecular weight excluding hydrogens is 475 g/mol. The van der Waals surface area contributed by atoms with Gasteiger partial charge < -0.3 is 20.4 Å². The Morgan fingerprint density at radius 1 is 1.10 bits per heavy atom. The van der Waals surface area contributed by atoms with Gasteiger partial charge in [-0.15, -0.1) is 24.0 Å². The van der Waals surface area contributed by atoms with E-state index in [1.807, 2.05) is 7.05 Å². The van der Waals surface area contributed by atoms with Crippen LogP contribution in [0.4, 0.5) is 5.69 Å². The van der Waals surface area contributed by atoms with Gasteiger partial charge in [0, 0.05) is 70.6 Å². The maximum Gasteiger partial charge on any atom is 0.191 e. The van der Waals surface area contributed by atoms with Crippen molar-refractivity contribution in [2.75, 3.05) is 64.8 Å². The van der Waals surface area contributed by atoms with Crippen LogP contribution in [0.3, 0.4) is 0 Å². The number of anilines is 1. The van der Waals surface area contributed by atoms with Gasteiger partial charge in [0.05, 0.1) is 0 Å². The Morgan fingerprint density at radius 3 is 2.41 bits per heavy atom. The smallest absolute Gasteiger partial charge is 0.191 e. The second-order valence-corrected chi connectivity index (χ2v) is 8.52. The molecule has 0 bridgehead atoms. The molecule has 2 fully saturated rings. The topological polar surface area (TPSA) is 46.1 Å². The van der Waals surface area contributed by atoms with Crippen LogP contribution in [0.2, 0.25) is 0 Å². The third-order valence-electron chi connectivity index (χ3n) is 6.13. The summed E-state index contributed by atoms with van der Waals surface area (Å²) in [4.78, 5) is 12.0. The number of hydrogen-bond donors (Lipinski definition) is 2. The highest BCUT2D eigenvalue weighted by Gasteiger charge is 2.26. The molecule has 2 saturated heterocycles. The monoisotopic (exact) mass is 514 g/mol. The van der Waals surface area contributed by atoms with Crippen LogP contribution in [0.25, 0.3) is 0 Å². The lowest BCUT2D eigenvalue weighted by atomic mass is 10.0. The van der Waals surface area contributed by atoms with Crippen molar-refractivity contribution in [3.8, 4) is 0 Å². The van der Waals surface area contributed by atoms with E-state index in [4.69, 9.17) is 0 Å². The second kappa shape index (κ2) is 12.0. The third-order valence-corrected chi connectivity index (χ3v) is 6.13. The molecule has 1 aromatic carbocycles. The van der Waals surface area contributed by atoms with E-state index in [1.165, 1.54) is 5.69 Å². The van der Waals surface area contributed by atoms with Crippen LogP contribution in [0.5, 0.6) is 0 Å². The first-order chi connectivity index (χ1) is 13.6. The highest BCUT2D eigenvalue weighted by Crippen LogP contribution is 2.19. The van der Waals surface area contributed by atoms with Gasteiger partial charge in [-0.2, -0.15) is 0 Å². The van der Waals surface area contributed by atoms with Crippen LogP contribution in [0.15, 0.2) is 35.3 Å². The number of guanidine groups is 1. The first kappa shape index (κ1) is 24.2. The molecule has 3 rings (SSSR count). The molecule has 6 nitrogen and oxygen atoms in total. The van der Waals surface area contributed by atoms with E-state index >= 15 is 0 Å². The Bertz CT molecular complexity index is 615. The number of halogens is 1. The predicted octanol–water partition coefficient (Wildman–Crippen LogP) is 2.32. The molecule has 0 aliphatic carbocycles. The van der Waals surface area contributed by atoms with Gasteiger partial charge in [-0.05, 0) is 31.5 Å². The van der Waals surface area contributed by atoms with Gasteiger partial charge >= 0.3 is 0 Å². The Balaban J connectivity index is 0.00000300. The van der Waals surface area contributed by atoms with Crippen molar-refractivity contribution in [1.29, 1.82) is 0 Å². The summed E-state index contributed by atoms with van der Waals surface area (Å²) in [6.45, 7) is 12.3. The molecule has 164 valence electrons. The maximum atomic E-state index is 4.49. The fourth-order valence-corrected chi connectivity index (χ4v) is 4.28. The van der Waals surface area contributed by atoms with Crippen LogP contribution in [0.1, 0.15) is 20.3 Å². The molecule has 29 heavy (non-hydrogen) atoms. The summed E-state index contributed by atoms with van der Waals surface area (Å²) in [5, 5.41) is 7.25. The van der Waals surface area contributed by atoms with E-state index < -0.39 is 0 Å². The second-order valence-electron chi connectivity index (χ2n) is 8.52. The van der Waals surface area contributed by atoms with Crippen molar-refractivity contribution in [1.82, 2.24) is 20.4 Å². The third kappa shape index (κ3) is 7.00. The van der Waals surface area contributed by atoms with Crippen LogP contribution < -0.4 is 15.5 Å². The largest absolute Gasteiger partial charge is 0.369 e. The van der Waals surface area contributed by atoms with Crippen molar-refractivity contribution < 1.29 is 0 Å². The number of likely N-dealkylation sites (N-methyl/N-ethyl adjacent to an activating group) is 1. The van der Waals surface area contributed by atoms with Crippen molar-refractivity contribution >= 4 is 35.6 Å². The Labute approximate surface area is 194 Å². The van der Waals surface area contributed by atoms with E-state index in [0.717, 1.165) is 58.2 Å². The first-order valence-corrected chi connectivity index (χ1v) is 10.8. The number of rotatable bonds is 6. The summed E-state index contributed by atoms with van der Waals surface area (Å²) in [7, 11) is 4.09. The molecule has 0 aromatic heterocycles. The number of hydrogen-bond acceptors (Lipinski definition) is 4. The van der Waals surface area contributed by atoms with E-state index in [0.29, 0.717) is 18.0 Å². The van der Waals surface area contributed by atoms with Gasteiger partial charge in [0.25, 0.3) is 0 Å². The van der Waals surface area contributed by atoms with Crippen LogP contribution in [-0.4, -0.2) is 87.8 Å². The van der Waals surface area contributed by atoms with Gasteiger partial charge in [0.1, 0.15) is 0 Å². The molecule has 2 aliphatic heterocycles. The fourth-order valence-electron chi connectivity index (χ4n) is 4.28. The van der Waals surface area contributed by atoms with Crippen LogP contribution >= 0.6 is 24.0 Å². The minimum absolute atomic E-state index is 0. The molecule has 0 amide bonds. The maximum absolute atomic E-state index is 4.49. The predicted molar refractivity (Wildman–Crippen MR) is 135 cm³/mol. The van der Waals surface area contributed by atoms with Crippen molar-refractivity contribution in [3.63, 3.8) is 0 Å². The molecule has 2 heterocycles. The molecule has 2 atom stereocenters. The SMILES string of the molecule is CN=C(NCC(C(C)C)N1CCN(C)CC1)NC1CCN(c2ccccc2)C1.I. The van der Waals surface area contributed by atoms with Crippen LogP contribution in [0, 0.1) is 5.92 Å². The quantitative estimate of drug-likeness (QED) is 0.347. The van der Waals surface area contributed by atoms with Gasteiger partial charge in [-0.1, -0.05) is 32.0 Å². The van der Waals surface area contributed by atoms with E-state index in [1.54, 1.807) is 0 Å². The summed E-state index contributed by atoms with van der Waals surface area (Å²) in [5.41, 5.74) is 1.31. The normalized spacial score (nSPS) is 22.4. The average Bonchev–Trinajstić information content (AvgIpc) is 3.17. The molecular formula is C22H39IN6. The summed E-state index contributed by atoms with van der Waals surface area (Å²) < 4.78 is 0. The minimum Gasteiger partial charge on any atom is -0.369 e. The number of nitrogens with zero attached hydrogens (tertiary/aromatic N) is 4. The van der Waals surface area contributed by atoms with Gasteiger partial charge in [-0.25, -0.2) is 0 Å². The van der Waals surface area contributed by atoms with E-state index in [2.05, 4.69) is 81.6 Å². The van der Waals surface area contributed by atoms with Gasteiger partial charge in [0.15, 0.2) is 5.96 Å². The summed E-state index contributed by atoms with van der Waals surface area (Å²) in [6.07, 6.45) is 1.14. The lowest BCUT2D eigenvalue weighted by Gasteiger charge is -2.40. The van der Waals surface area contributed by atoms with Crippen molar-refractivity contribution in [2.24, 2.45) is 10.9 Å². The molecule has 2 aliphatic rings. The zero-order valence-corrected chi connectivity index (χ0v) is 20.8. The number of benzene rings is 1. The molecule has 0 spiro atoms. The number of para-hydroxylation sites is 1.